The van der Waals surface area contributed by atoms with Crippen LogP contribution in [0, 0.1) is 0 Å². The first-order valence-electron chi connectivity index (χ1n) is 8.72. The van der Waals surface area contributed by atoms with Crippen molar-refractivity contribution >= 4 is 33.3 Å². The largest absolute Gasteiger partial charge is 0.378 e. The van der Waals surface area contributed by atoms with Gasteiger partial charge in [-0.15, -0.1) is 11.3 Å². The van der Waals surface area contributed by atoms with Gasteiger partial charge < -0.3 is 14.5 Å². The first-order valence-corrected chi connectivity index (χ1v) is 9.53. The minimum atomic E-state index is 0.0362. The molecule has 0 aromatic carbocycles. The van der Waals surface area contributed by atoms with Gasteiger partial charge >= 0.3 is 0 Å². The number of thiophene rings is 1. The maximum absolute atomic E-state index is 11.6. The van der Waals surface area contributed by atoms with Crippen LogP contribution in [0.1, 0.15) is 11.8 Å². The summed E-state index contributed by atoms with van der Waals surface area (Å²) in [6.45, 7) is 5.07. The lowest BCUT2D eigenvalue weighted by Crippen LogP contribution is -2.36. The highest BCUT2D eigenvalue weighted by Gasteiger charge is 2.20. The molecule has 4 heterocycles. The molecule has 0 atom stereocenters. The highest BCUT2D eigenvalue weighted by molar-refractivity contribution is 7.19. The van der Waals surface area contributed by atoms with Gasteiger partial charge in [-0.1, -0.05) is 0 Å². The highest BCUT2D eigenvalue weighted by atomic mass is 32.1. The predicted octanol–water partition coefficient (Wildman–Crippen LogP) is 1.96. The van der Waals surface area contributed by atoms with Gasteiger partial charge in [0.1, 0.15) is 6.33 Å². The lowest BCUT2D eigenvalue weighted by atomic mass is 10.3. The fraction of sp³-hybridized carbons (Fsp3) is 0.389. The van der Waals surface area contributed by atoms with Gasteiger partial charge in [-0.2, -0.15) is 0 Å². The summed E-state index contributed by atoms with van der Waals surface area (Å²) < 4.78 is 6.52. The summed E-state index contributed by atoms with van der Waals surface area (Å²) in [7, 11) is 1.80. The first-order chi connectivity index (χ1) is 13.1. The van der Waals surface area contributed by atoms with Gasteiger partial charge in [0, 0.05) is 44.3 Å². The number of rotatable bonds is 4. The van der Waals surface area contributed by atoms with E-state index in [2.05, 4.69) is 14.9 Å². The van der Waals surface area contributed by atoms with Crippen LogP contribution in [0.2, 0.25) is 0 Å². The number of hydrogen-bond acceptors (Lipinski definition) is 8. The van der Waals surface area contributed by atoms with Crippen LogP contribution in [0.4, 0.5) is 5.82 Å². The predicted molar refractivity (Wildman–Crippen MR) is 104 cm³/mol. The van der Waals surface area contributed by atoms with Crippen molar-refractivity contribution in [2.75, 3.05) is 38.3 Å². The number of carbonyl (C=O) groups is 1. The average molecular weight is 384 g/mol. The Morgan fingerprint density at radius 1 is 1.26 bits per heavy atom. The standard InChI is InChI=1S/C18H20N6O2S/c1-12(25)23(2)10-14-7-15-16(27-14)18(24-3-5-26-6-4-24)22-17(21-15)13-8-19-11-20-9-13/h7-9,11H,3-6,10H2,1-2H3. The SMILES string of the molecule is CC(=O)N(C)Cc1cc2nc(-c3cncnc3)nc(N3CCOCC3)c2s1. The molecule has 0 aliphatic carbocycles. The van der Waals surface area contributed by atoms with Crippen molar-refractivity contribution in [3.05, 3.63) is 29.7 Å². The highest BCUT2D eigenvalue weighted by Crippen LogP contribution is 2.34. The smallest absolute Gasteiger partial charge is 0.219 e. The van der Waals surface area contributed by atoms with Gasteiger partial charge in [-0.25, -0.2) is 19.9 Å². The summed E-state index contributed by atoms with van der Waals surface area (Å²) in [4.78, 5) is 34.3. The van der Waals surface area contributed by atoms with Crippen molar-refractivity contribution in [2.24, 2.45) is 0 Å². The fourth-order valence-corrected chi connectivity index (χ4v) is 4.09. The molecule has 1 fully saturated rings. The second-order valence-electron chi connectivity index (χ2n) is 6.40. The molecule has 0 N–H and O–H groups in total. The lowest BCUT2D eigenvalue weighted by molar-refractivity contribution is -0.128. The molecule has 0 spiro atoms. The number of aromatic nitrogens is 4. The molecule has 9 heteroatoms. The van der Waals surface area contributed by atoms with Crippen LogP contribution in [0.25, 0.3) is 21.6 Å². The van der Waals surface area contributed by atoms with Crippen LogP contribution in [0.5, 0.6) is 0 Å². The molecule has 0 saturated carbocycles. The van der Waals surface area contributed by atoms with Crippen LogP contribution in [0.3, 0.4) is 0 Å². The van der Waals surface area contributed by atoms with Gasteiger partial charge in [0.25, 0.3) is 0 Å². The summed E-state index contributed by atoms with van der Waals surface area (Å²) in [5.41, 5.74) is 1.66. The Balaban J connectivity index is 1.80. The fourth-order valence-electron chi connectivity index (χ4n) is 2.92. The van der Waals surface area contributed by atoms with E-state index in [0.29, 0.717) is 25.6 Å². The number of carbonyl (C=O) groups excluding carboxylic acids is 1. The number of anilines is 1. The Kier molecular flexibility index (Phi) is 4.95. The number of fused-ring (bicyclic) bond motifs is 1. The van der Waals surface area contributed by atoms with Crippen molar-refractivity contribution in [1.29, 1.82) is 0 Å². The molecule has 1 amide bonds. The van der Waals surface area contributed by atoms with Gasteiger partial charge in [-0.05, 0) is 6.07 Å². The van der Waals surface area contributed by atoms with Crippen molar-refractivity contribution < 1.29 is 9.53 Å². The van der Waals surface area contributed by atoms with Crippen LogP contribution in [-0.2, 0) is 16.1 Å². The summed E-state index contributed by atoms with van der Waals surface area (Å²) >= 11 is 1.63. The number of nitrogens with zero attached hydrogens (tertiary/aromatic N) is 6. The number of amides is 1. The topological polar surface area (TPSA) is 84.3 Å². The summed E-state index contributed by atoms with van der Waals surface area (Å²) in [6, 6.07) is 2.04. The van der Waals surface area contributed by atoms with E-state index < -0.39 is 0 Å². The third-order valence-electron chi connectivity index (χ3n) is 4.46. The van der Waals surface area contributed by atoms with Crippen LogP contribution < -0.4 is 4.90 Å². The molecule has 1 aliphatic heterocycles. The van der Waals surface area contributed by atoms with Gasteiger partial charge in [0.15, 0.2) is 11.6 Å². The van der Waals surface area contributed by atoms with Gasteiger partial charge in [0.2, 0.25) is 5.91 Å². The van der Waals surface area contributed by atoms with Crippen LogP contribution in [-0.4, -0.2) is 64.1 Å². The molecule has 3 aromatic heterocycles. The van der Waals surface area contributed by atoms with E-state index in [1.807, 2.05) is 6.07 Å². The van der Waals surface area contributed by atoms with E-state index in [1.165, 1.54) is 6.33 Å². The molecule has 8 nitrogen and oxygen atoms in total. The zero-order valence-corrected chi connectivity index (χ0v) is 16.1. The molecule has 3 aromatic rings. The molecule has 4 rings (SSSR count). The summed E-state index contributed by atoms with van der Waals surface area (Å²) in [5.74, 6) is 1.55. The van der Waals surface area contributed by atoms with Gasteiger partial charge in [-0.3, -0.25) is 4.79 Å². The second-order valence-corrected chi connectivity index (χ2v) is 7.54. The molecule has 0 unspecified atom stereocenters. The number of hydrogen-bond donors (Lipinski definition) is 0. The lowest BCUT2D eigenvalue weighted by Gasteiger charge is -2.28. The van der Waals surface area contributed by atoms with Crippen LogP contribution in [0.15, 0.2) is 24.8 Å². The number of morpholine rings is 1. The third kappa shape index (κ3) is 3.74. The van der Waals surface area contributed by atoms with E-state index in [0.717, 1.165) is 39.6 Å². The monoisotopic (exact) mass is 384 g/mol. The summed E-state index contributed by atoms with van der Waals surface area (Å²) in [6.07, 6.45) is 4.92. The van der Waals surface area contributed by atoms with Gasteiger partial charge in [0.05, 0.1) is 35.5 Å². The van der Waals surface area contributed by atoms with Crippen molar-refractivity contribution in [3.8, 4) is 11.4 Å². The average Bonchev–Trinajstić information content (AvgIpc) is 3.10. The Hall–Kier alpha value is -2.65. The maximum Gasteiger partial charge on any atom is 0.219 e. The quantitative estimate of drug-likeness (QED) is 0.680. The molecule has 27 heavy (non-hydrogen) atoms. The Morgan fingerprint density at radius 3 is 2.70 bits per heavy atom. The van der Waals surface area contributed by atoms with Crippen molar-refractivity contribution in [2.45, 2.75) is 13.5 Å². The van der Waals surface area contributed by atoms with Crippen molar-refractivity contribution in [3.63, 3.8) is 0 Å². The Bertz CT molecular complexity index is 955. The van der Waals surface area contributed by atoms with E-state index in [9.17, 15) is 4.79 Å². The minimum absolute atomic E-state index is 0.0362. The molecule has 0 radical (unpaired) electrons. The molecule has 0 bridgehead atoms. The maximum atomic E-state index is 11.6. The zero-order chi connectivity index (χ0) is 18.8. The number of ether oxygens (including phenoxy) is 1. The summed E-state index contributed by atoms with van der Waals surface area (Å²) in [5, 5.41) is 0. The minimum Gasteiger partial charge on any atom is -0.378 e. The molecular weight excluding hydrogens is 364 g/mol. The Labute approximate surface area is 160 Å². The normalized spacial score (nSPS) is 14.5. The van der Waals surface area contributed by atoms with Crippen molar-refractivity contribution in [1.82, 2.24) is 24.8 Å². The first kappa shape index (κ1) is 17.7. The molecule has 140 valence electrons. The van der Waals surface area contributed by atoms with E-state index in [-0.39, 0.29) is 5.91 Å². The van der Waals surface area contributed by atoms with Crippen LogP contribution >= 0.6 is 11.3 Å². The second kappa shape index (κ2) is 7.53. The third-order valence-corrected chi connectivity index (χ3v) is 5.57. The molecule has 1 aliphatic rings. The van der Waals surface area contributed by atoms with E-state index >= 15 is 0 Å². The Morgan fingerprint density at radius 2 is 2.00 bits per heavy atom. The molecular formula is C18H20N6O2S. The zero-order valence-electron chi connectivity index (χ0n) is 15.3. The molecule has 1 saturated heterocycles. The van der Waals surface area contributed by atoms with E-state index in [1.54, 1.807) is 42.6 Å². The van der Waals surface area contributed by atoms with E-state index in [4.69, 9.17) is 14.7 Å².